The number of benzene rings is 2. The van der Waals surface area contributed by atoms with Crippen LogP contribution in [-0.4, -0.2) is 25.0 Å². The van der Waals surface area contributed by atoms with E-state index >= 15 is 0 Å². The molecular formula is C19H21BrN4O. The van der Waals surface area contributed by atoms with Gasteiger partial charge >= 0.3 is 0 Å². The molecule has 0 aliphatic heterocycles. The molecule has 0 radical (unpaired) electrons. The van der Waals surface area contributed by atoms with Crippen molar-refractivity contribution < 1.29 is 4.79 Å². The fraction of sp³-hybridized carbons (Fsp3) is 0.263. The fourth-order valence-electron chi connectivity index (χ4n) is 2.89. The summed E-state index contributed by atoms with van der Waals surface area (Å²) in [6, 6.07) is 13.5. The number of amides is 1. The van der Waals surface area contributed by atoms with Crippen molar-refractivity contribution in [1.82, 2.24) is 5.32 Å². The van der Waals surface area contributed by atoms with E-state index in [-0.39, 0.29) is 5.91 Å². The van der Waals surface area contributed by atoms with Gasteiger partial charge in [-0.3, -0.25) is 9.79 Å². The Kier molecular flexibility index (Phi) is 5.71. The van der Waals surface area contributed by atoms with Gasteiger partial charge in [0.05, 0.1) is 6.54 Å². The van der Waals surface area contributed by atoms with Crippen molar-refractivity contribution in [2.75, 3.05) is 18.4 Å². The molecular weight excluding hydrogens is 380 g/mol. The highest BCUT2D eigenvalue weighted by Gasteiger charge is 2.10. The molecule has 5 nitrogen and oxygen atoms in total. The number of rotatable bonds is 5. The number of carbonyl (C=O) groups excluding carboxylic acids is 1. The molecule has 3 rings (SSSR count). The Morgan fingerprint density at radius 1 is 1.12 bits per heavy atom. The summed E-state index contributed by atoms with van der Waals surface area (Å²) in [5, 5.41) is 5.93. The van der Waals surface area contributed by atoms with E-state index in [2.05, 4.69) is 43.7 Å². The van der Waals surface area contributed by atoms with Gasteiger partial charge in [0.15, 0.2) is 5.96 Å². The average Bonchev–Trinajstić information content (AvgIpc) is 3.07. The van der Waals surface area contributed by atoms with Crippen molar-refractivity contribution in [1.29, 1.82) is 0 Å². The first-order valence-electron chi connectivity index (χ1n) is 8.34. The fourth-order valence-corrected chi connectivity index (χ4v) is 3.15. The summed E-state index contributed by atoms with van der Waals surface area (Å²) in [5.74, 6) is 0.240. The van der Waals surface area contributed by atoms with Crippen LogP contribution in [-0.2, 0) is 12.8 Å². The quantitative estimate of drug-likeness (QED) is 0.409. The predicted molar refractivity (Wildman–Crippen MR) is 105 cm³/mol. The summed E-state index contributed by atoms with van der Waals surface area (Å²) < 4.78 is 0.944. The monoisotopic (exact) mass is 400 g/mol. The van der Waals surface area contributed by atoms with Crippen LogP contribution >= 0.6 is 15.9 Å². The molecule has 2 aromatic rings. The molecule has 1 aliphatic carbocycles. The van der Waals surface area contributed by atoms with E-state index in [1.807, 2.05) is 18.2 Å². The van der Waals surface area contributed by atoms with Gasteiger partial charge in [0.25, 0.3) is 5.91 Å². The zero-order valence-corrected chi connectivity index (χ0v) is 15.5. The topological polar surface area (TPSA) is 79.5 Å². The van der Waals surface area contributed by atoms with Crippen LogP contribution in [0, 0.1) is 0 Å². The lowest BCUT2D eigenvalue weighted by Gasteiger charge is -2.08. The third-order valence-electron chi connectivity index (χ3n) is 4.16. The van der Waals surface area contributed by atoms with Gasteiger partial charge in [-0.1, -0.05) is 22.0 Å². The lowest BCUT2D eigenvalue weighted by Crippen LogP contribution is -2.28. The Hall–Kier alpha value is -2.34. The Labute approximate surface area is 155 Å². The minimum atomic E-state index is -0.118. The number of hydrogen-bond acceptors (Lipinski definition) is 2. The van der Waals surface area contributed by atoms with E-state index in [0.29, 0.717) is 24.6 Å². The first kappa shape index (κ1) is 17.5. The Morgan fingerprint density at radius 3 is 2.68 bits per heavy atom. The normalized spacial score (nSPS) is 13.4. The molecule has 1 aliphatic rings. The van der Waals surface area contributed by atoms with E-state index in [1.54, 1.807) is 12.1 Å². The molecule has 0 saturated carbocycles. The number of hydrogen-bond donors (Lipinski definition) is 3. The van der Waals surface area contributed by atoms with Crippen LogP contribution < -0.4 is 16.4 Å². The lowest BCUT2D eigenvalue weighted by molar-refractivity contribution is 0.0955. The Morgan fingerprint density at radius 2 is 1.88 bits per heavy atom. The van der Waals surface area contributed by atoms with Crippen molar-refractivity contribution in [3.63, 3.8) is 0 Å². The highest BCUT2D eigenvalue weighted by atomic mass is 79.9. The molecule has 4 N–H and O–H groups in total. The molecule has 0 spiro atoms. The number of aliphatic imine (C=N–C) groups is 1. The summed E-state index contributed by atoms with van der Waals surface area (Å²) in [5.41, 5.74) is 10.3. The molecule has 25 heavy (non-hydrogen) atoms. The van der Waals surface area contributed by atoms with Crippen LogP contribution in [0.25, 0.3) is 0 Å². The molecule has 0 saturated heterocycles. The second-order valence-corrected chi connectivity index (χ2v) is 6.91. The van der Waals surface area contributed by atoms with Crippen molar-refractivity contribution in [3.8, 4) is 0 Å². The van der Waals surface area contributed by atoms with Gasteiger partial charge in [-0.15, -0.1) is 0 Å². The Bertz CT molecular complexity index is 787. The largest absolute Gasteiger partial charge is 0.370 e. The highest BCUT2D eigenvalue weighted by molar-refractivity contribution is 9.10. The minimum absolute atomic E-state index is 0.118. The maximum atomic E-state index is 12.0. The number of guanidine groups is 1. The predicted octanol–water partition coefficient (Wildman–Crippen LogP) is 3.09. The van der Waals surface area contributed by atoms with E-state index in [4.69, 9.17) is 5.73 Å². The van der Waals surface area contributed by atoms with Crippen molar-refractivity contribution >= 4 is 33.5 Å². The number of carbonyl (C=O) groups is 1. The third kappa shape index (κ3) is 4.82. The molecule has 6 heteroatoms. The smallest absolute Gasteiger partial charge is 0.251 e. The molecule has 0 aromatic heterocycles. The second kappa shape index (κ2) is 8.16. The second-order valence-electron chi connectivity index (χ2n) is 5.99. The lowest BCUT2D eigenvalue weighted by atomic mass is 10.1. The average molecular weight is 401 g/mol. The van der Waals surface area contributed by atoms with Crippen molar-refractivity contribution in [3.05, 3.63) is 63.6 Å². The molecule has 1 amide bonds. The number of nitrogens with one attached hydrogen (secondary N) is 2. The maximum absolute atomic E-state index is 12.0. The molecule has 0 fully saturated rings. The first-order valence-corrected chi connectivity index (χ1v) is 9.13. The van der Waals surface area contributed by atoms with Crippen molar-refractivity contribution in [2.24, 2.45) is 10.7 Å². The van der Waals surface area contributed by atoms with E-state index < -0.39 is 0 Å². The summed E-state index contributed by atoms with van der Waals surface area (Å²) in [4.78, 5) is 16.2. The van der Waals surface area contributed by atoms with Crippen LogP contribution in [0.1, 0.15) is 27.9 Å². The molecule has 0 unspecified atom stereocenters. The van der Waals surface area contributed by atoms with Gasteiger partial charge < -0.3 is 16.4 Å². The molecule has 0 heterocycles. The third-order valence-corrected chi connectivity index (χ3v) is 4.69. The number of aryl methyl sites for hydroxylation is 2. The van der Waals surface area contributed by atoms with Crippen LogP contribution in [0.15, 0.2) is 51.9 Å². The minimum Gasteiger partial charge on any atom is -0.370 e. The SMILES string of the molecule is NC(=NCCNC(=O)c1ccc(Br)cc1)Nc1ccc2c(c1)CCC2. The number of anilines is 1. The molecule has 0 bridgehead atoms. The van der Waals surface area contributed by atoms with E-state index in [9.17, 15) is 4.79 Å². The summed E-state index contributed by atoms with van der Waals surface area (Å²) in [7, 11) is 0. The van der Waals surface area contributed by atoms with Crippen LogP contribution in [0.5, 0.6) is 0 Å². The van der Waals surface area contributed by atoms with Gasteiger partial charge in [-0.05, 0) is 66.8 Å². The Balaban J connectivity index is 1.45. The van der Waals surface area contributed by atoms with Gasteiger partial charge in [0, 0.05) is 22.3 Å². The van der Waals surface area contributed by atoms with E-state index in [0.717, 1.165) is 23.0 Å². The number of nitrogens with two attached hydrogens (primary N) is 1. The zero-order chi connectivity index (χ0) is 17.6. The zero-order valence-electron chi connectivity index (χ0n) is 13.9. The van der Waals surface area contributed by atoms with Gasteiger partial charge in [0.1, 0.15) is 0 Å². The highest BCUT2D eigenvalue weighted by Crippen LogP contribution is 2.24. The summed E-state index contributed by atoms with van der Waals surface area (Å²) in [6.45, 7) is 0.855. The molecule has 130 valence electrons. The number of halogens is 1. The van der Waals surface area contributed by atoms with Crippen molar-refractivity contribution in [2.45, 2.75) is 19.3 Å². The summed E-state index contributed by atoms with van der Waals surface area (Å²) >= 11 is 3.35. The molecule has 2 aromatic carbocycles. The summed E-state index contributed by atoms with van der Waals surface area (Å²) in [6.07, 6.45) is 3.52. The number of nitrogens with zero attached hydrogens (tertiary/aromatic N) is 1. The van der Waals surface area contributed by atoms with Gasteiger partial charge in [-0.2, -0.15) is 0 Å². The van der Waals surface area contributed by atoms with Crippen LogP contribution in [0.2, 0.25) is 0 Å². The molecule has 0 atom stereocenters. The maximum Gasteiger partial charge on any atom is 0.251 e. The number of fused-ring (bicyclic) bond motifs is 1. The standard InChI is InChI=1S/C19H21BrN4O/c20-16-7-4-14(5-8-16)18(25)22-10-11-23-19(21)24-17-9-6-13-2-1-3-15(13)12-17/h4-9,12H,1-3,10-11H2,(H,22,25)(H3,21,23,24). The first-order chi connectivity index (χ1) is 12.1. The van der Waals surface area contributed by atoms with Gasteiger partial charge in [-0.25, -0.2) is 0 Å². The van der Waals surface area contributed by atoms with Gasteiger partial charge in [0.2, 0.25) is 0 Å². The van der Waals surface area contributed by atoms with E-state index in [1.165, 1.54) is 17.5 Å². The van der Waals surface area contributed by atoms with Crippen LogP contribution in [0.3, 0.4) is 0 Å². The van der Waals surface area contributed by atoms with Crippen LogP contribution in [0.4, 0.5) is 5.69 Å².